The van der Waals surface area contributed by atoms with Gasteiger partial charge in [-0.25, -0.2) is 9.37 Å². The van der Waals surface area contributed by atoms with Crippen molar-refractivity contribution in [1.82, 2.24) is 9.38 Å². The van der Waals surface area contributed by atoms with Crippen LogP contribution in [0, 0.1) is 12.7 Å². The molecule has 0 fully saturated rings. The fourth-order valence-electron chi connectivity index (χ4n) is 4.44. The summed E-state index contributed by atoms with van der Waals surface area (Å²) in [6.07, 6.45) is 2.69. The lowest BCUT2D eigenvalue weighted by Crippen LogP contribution is -2.13. The summed E-state index contributed by atoms with van der Waals surface area (Å²) in [5, 5.41) is 3.47. The summed E-state index contributed by atoms with van der Waals surface area (Å²) in [6.45, 7) is 2.03. The standard InChI is InChI=1S/C30H25ClFN3O2/c1-19-16-22(31)9-12-26(19)21-8-14-28-34-30(20-6-10-25(37-2)11-7-20)27(35(28)18-21)13-15-29(36)33-24-5-3-4-23(32)17-24/h3-12,14,16-18H,13,15H2,1-2H3,(H,33,36). The van der Waals surface area contributed by atoms with E-state index < -0.39 is 5.82 Å². The Balaban J connectivity index is 1.53. The number of fused-ring (bicyclic) bond motifs is 1. The molecule has 1 N–H and O–H groups in total. The first kappa shape index (κ1) is 24.5. The van der Waals surface area contributed by atoms with Crippen molar-refractivity contribution >= 4 is 28.8 Å². The lowest BCUT2D eigenvalue weighted by molar-refractivity contribution is -0.116. The number of carbonyl (C=O) groups excluding carboxylic acids is 1. The number of methoxy groups -OCH3 is 1. The Kier molecular flexibility index (Phi) is 6.93. The fraction of sp³-hybridized carbons (Fsp3) is 0.133. The number of aryl methyl sites for hydroxylation is 2. The highest BCUT2D eigenvalue weighted by Crippen LogP contribution is 2.31. The number of anilines is 1. The second kappa shape index (κ2) is 10.4. The van der Waals surface area contributed by atoms with E-state index in [2.05, 4.69) is 5.32 Å². The molecule has 1 amide bonds. The van der Waals surface area contributed by atoms with E-state index in [1.165, 1.54) is 12.1 Å². The first-order valence-corrected chi connectivity index (χ1v) is 12.3. The molecular weight excluding hydrogens is 489 g/mol. The Morgan fingerprint density at radius 3 is 2.54 bits per heavy atom. The van der Waals surface area contributed by atoms with Gasteiger partial charge < -0.3 is 14.5 Å². The summed E-state index contributed by atoms with van der Waals surface area (Å²) in [6, 6.07) is 23.4. The topological polar surface area (TPSA) is 55.6 Å². The van der Waals surface area contributed by atoms with E-state index in [-0.39, 0.29) is 12.3 Å². The smallest absolute Gasteiger partial charge is 0.224 e. The first-order valence-electron chi connectivity index (χ1n) is 11.9. The summed E-state index contributed by atoms with van der Waals surface area (Å²) in [7, 11) is 1.63. The maximum Gasteiger partial charge on any atom is 0.224 e. The Hall–Kier alpha value is -4.16. The quantitative estimate of drug-likeness (QED) is 0.247. The van der Waals surface area contributed by atoms with Crippen LogP contribution in [-0.2, 0) is 11.2 Å². The molecule has 2 aromatic heterocycles. The molecule has 2 heterocycles. The average Bonchev–Trinajstić information content (AvgIpc) is 3.25. The van der Waals surface area contributed by atoms with Gasteiger partial charge in [-0.3, -0.25) is 4.79 Å². The van der Waals surface area contributed by atoms with E-state index in [9.17, 15) is 9.18 Å². The van der Waals surface area contributed by atoms with Gasteiger partial charge in [0.05, 0.1) is 18.5 Å². The number of hydrogen-bond donors (Lipinski definition) is 1. The number of hydrogen-bond acceptors (Lipinski definition) is 3. The van der Waals surface area contributed by atoms with Crippen LogP contribution in [0.2, 0.25) is 5.02 Å². The lowest BCUT2D eigenvalue weighted by atomic mass is 10.0. The van der Waals surface area contributed by atoms with Crippen LogP contribution in [0.25, 0.3) is 28.0 Å². The number of benzene rings is 3. The molecule has 0 saturated carbocycles. The predicted octanol–water partition coefficient (Wildman–Crippen LogP) is 7.35. The van der Waals surface area contributed by atoms with E-state index in [0.717, 1.165) is 45.0 Å². The molecule has 7 heteroatoms. The summed E-state index contributed by atoms with van der Waals surface area (Å²) in [5.41, 5.74) is 6.99. The predicted molar refractivity (Wildman–Crippen MR) is 146 cm³/mol. The Labute approximate surface area is 219 Å². The van der Waals surface area contributed by atoms with Crippen molar-refractivity contribution in [3.63, 3.8) is 0 Å². The van der Waals surface area contributed by atoms with E-state index >= 15 is 0 Å². The van der Waals surface area contributed by atoms with E-state index in [0.29, 0.717) is 17.1 Å². The number of aromatic nitrogens is 2. The number of halogens is 2. The highest BCUT2D eigenvalue weighted by Gasteiger charge is 2.17. The zero-order valence-electron chi connectivity index (χ0n) is 20.5. The summed E-state index contributed by atoms with van der Waals surface area (Å²) in [4.78, 5) is 17.7. The normalized spacial score (nSPS) is 11.0. The monoisotopic (exact) mass is 513 g/mol. The van der Waals surface area contributed by atoms with Crippen LogP contribution in [0.15, 0.2) is 85.1 Å². The summed E-state index contributed by atoms with van der Waals surface area (Å²) >= 11 is 6.17. The molecule has 0 spiro atoms. The Morgan fingerprint density at radius 1 is 1.03 bits per heavy atom. The molecule has 5 aromatic rings. The Bertz CT molecular complexity index is 1600. The van der Waals surface area contributed by atoms with Gasteiger partial charge in [-0.15, -0.1) is 0 Å². The van der Waals surface area contributed by atoms with Crippen molar-refractivity contribution in [2.24, 2.45) is 0 Å². The minimum atomic E-state index is -0.397. The van der Waals surface area contributed by atoms with Gasteiger partial charge >= 0.3 is 0 Å². The van der Waals surface area contributed by atoms with Gasteiger partial charge in [0.1, 0.15) is 17.2 Å². The number of carbonyl (C=O) groups is 1. The number of rotatable bonds is 7. The third kappa shape index (κ3) is 5.34. The zero-order chi connectivity index (χ0) is 25.9. The number of pyridine rings is 1. The van der Waals surface area contributed by atoms with Gasteiger partial charge in [0.2, 0.25) is 5.91 Å². The van der Waals surface area contributed by atoms with Gasteiger partial charge in [-0.05, 0) is 96.8 Å². The average molecular weight is 514 g/mol. The molecule has 0 bridgehead atoms. The fourth-order valence-corrected chi connectivity index (χ4v) is 4.67. The molecule has 0 saturated heterocycles. The molecule has 0 unspecified atom stereocenters. The van der Waals surface area contributed by atoms with Crippen LogP contribution >= 0.6 is 11.6 Å². The SMILES string of the molecule is COc1ccc(-c2nc3ccc(-c4ccc(Cl)cc4C)cn3c2CCC(=O)Nc2cccc(F)c2)cc1. The minimum Gasteiger partial charge on any atom is -0.497 e. The van der Waals surface area contributed by atoms with Crippen molar-refractivity contribution < 1.29 is 13.9 Å². The number of imidazole rings is 1. The third-order valence-electron chi connectivity index (χ3n) is 6.28. The molecule has 0 radical (unpaired) electrons. The van der Waals surface area contributed by atoms with Crippen molar-refractivity contribution in [1.29, 1.82) is 0 Å². The highest BCUT2D eigenvalue weighted by atomic mass is 35.5. The van der Waals surface area contributed by atoms with Crippen LogP contribution < -0.4 is 10.1 Å². The molecule has 186 valence electrons. The van der Waals surface area contributed by atoms with Gasteiger partial charge in [0, 0.05) is 28.9 Å². The van der Waals surface area contributed by atoms with Crippen molar-refractivity contribution in [3.05, 3.63) is 107 Å². The first-order chi connectivity index (χ1) is 17.9. The summed E-state index contributed by atoms with van der Waals surface area (Å²) in [5.74, 6) is 0.154. The number of ether oxygens (including phenoxy) is 1. The molecule has 0 aliphatic carbocycles. The molecule has 0 aliphatic rings. The van der Waals surface area contributed by atoms with Crippen molar-refractivity contribution in [2.45, 2.75) is 19.8 Å². The van der Waals surface area contributed by atoms with Crippen molar-refractivity contribution in [3.8, 4) is 28.1 Å². The molecule has 0 aliphatic heterocycles. The molecule has 5 nitrogen and oxygen atoms in total. The van der Waals surface area contributed by atoms with Crippen molar-refractivity contribution in [2.75, 3.05) is 12.4 Å². The van der Waals surface area contributed by atoms with E-state index in [4.69, 9.17) is 21.3 Å². The van der Waals surface area contributed by atoms with Gasteiger partial charge in [0.15, 0.2) is 0 Å². The molecule has 3 aromatic carbocycles. The number of amides is 1. The third-order valence-corrected chi connectivity index (χ3v) is 6.51. The number of nitrogens with zero attached hydrogens (tertiary/aromatic N) is 2. The second-order valence-electron chi connectivity index (χ2n) is 8.80. The largest absolute Gasteiger partial charge is 0.497 e. The molecule has 0 atom stereocenters. The van der Waals surface area contributed by atoms with Crippen LogP contribution in [0.1, 0.15) is 17.7 Å². The lowest BCUT2D eigenvalue weighted by Gasteiger charge is -2.10. The maximum atomic E-state index is 13.5. The molecule has 5 rings (SSSR count). The van der Waals surface area contributed by atoms with Gasteiger partial charge in [0.25, 0.3) is 0 Å². The van der Waals surface area contributed by atoms with Crippen LogP contribution in [0.5, 0.6) is 5.75 Å². The second-order valence-corrected chi connectivity index (χ2v) is 9.24. The molecule has 37 heavy (non-hydrogen) atoms. The zero-order valence-corrected chi connectivity index (χ0v) is 21.2. The maximum absolute atomic E-state index is 13.5. The summed E-state index contributed by atoms with van der Waals surface area (Å²) < 4.78 is 20.9. The van der Waals surface area contributed by atoms with Crippen LogP contribution in [-0.4, -0.2) is 22.4 Å². The van der Waals surface area contributed by atoms with E-state index in [1.54, 1.807) is 19.2 Å². The van der Waals surface area contributed by atoms with Gasteiger partial charge in [-0.2, -0.15) is 0 Å². The number of nitrogens with one attached hydrogen (secondary N) is 1. The Morgan fingerprint density at radius 2 is 1.81 bits per heavy atom. The van der Waals surface area contributed by atoms with Crippen LogP contribution in [0.3, 0.4) is 0 Å². The highest BCUT2D eigenvalue weighted by molar-refractivity contribution is 6.30. The molecular formula is C30H25ClFN3O2. The van der Waals surface area contributed by atoms with E-state index in [1.807, 2.05) is 72.1 Å². The minimum absolute atomic E-state index is 0.203. The van der Waals surface area contributed by atoms with Crippen LogP contribution in [0.4, 0.5) is 10.1 Å². The van der Waals surface area contributed by atoms with Gasteiger partial charge in [-0.1, -0.05) is 23.7 Å².